The fourth-order valence-corrected chi connectivity index (χ4v) is 5.12. The lowest BCUT2D eigenvalue weighted by Gasteiger charge is -2.38. The molecule has 0 aromatic carbocycles. The highest BCUT2D eigenvalue weighted by Gasteiger charge is 2.69. The Balaban J connectivity index is 2.31. The monoisotopic (exact) mass is 493 g/mol. The number of fused-ring (bicyclic) bond motifs is 1. The molecular weight excluding hydrogens is 450 g/mol. The molecule has 10 nitrogen and oxygen atoms in total. The number of hydrogen-bond donors (Lipinski definition) is 4. The molecule has 0 aromatic heterocycles. The maximum atomic E-state index is 13.8. The number of ketones is 1. The number of Topliss-reactive ketones (excluding diaryl/α,β-unsaturated/α-hetero) is 1. The summed E-state index contributed by atoms with van der Waals surface area (Å²) >= 11 is 0. The molecule has 1 aliphatic heterocycles. The van der Waals surface area contributed by atoms with Crippen LogP contribution in [0.1, 0.15) is 75.2 Å². The number of nitrogens with zero attached hydrogens (tertiary/aromatic N) is 1. The molecule has 2 aliphatic rings. The van der Waals surface area contributed by atoms with Gasteiger partial charge in [-0.25, -0.2) is 4.79 Å². The minimum atomic E-state index is -1.10. The summed E-state index contributed by atoms with van der Waals surface area (Å²) in [6.45, 7) is 17.4. The number of rotatable bonds is 8. The first-order chi connectivity index (χ1) is 15.8. The fraction of sp³-hybridized carbons (Fsp3) is 0.800. The van der Waals surface area contributed by atoms with Crippen molar-refractivity contribution in [1.29, 1.82) is 0 Å². The van der Waals surface area contributed by atoms with Gasteiger partial charge in [-0.2, -0.15) is 0 Å². The van der Waals surface area contributed by atoms with Crippen molar-refractivity contribution in [3.8, 4) is 0 Å². The van der Waals surface area contributed by atoms with Crippen molar-refractivity contribution in [2.75, 3.05) is 6.54 Å². The number of urea groups is 1. The van der Waals surface area contributed by atoms with Crippen LogP contribution in [0, 0.1) is 22.7 Å². The van der Waals surface area contributed by atoms with Crippen molar-refractivity contribution in [3.05, 3.63) is 0 Å². The van der Waals surface area contributed by atoms with Crippen LogP contribution in [-0.2, 0) is 19.2 Å². The van der Waals surface area contributed by atoms with E-state index in [2.05, 4.69) is 29.8 Å². The Morgan fingerprint density at radius 1 is 1.03 bits per heavy atom. The van der Waals surface area contributed by atoms with Gasteiger partial charge >= 0.3 is 6.03 Å². The maximum absolute atomic E-state index is 13.8. The average molecular weight is 494 g/mol. The molecule has 1 heterocycles. The van der Waals surface area contributed by atoms with Crippen LogP contribution >= 0.6 is 0 Å². The maximum Gasteiger partial charge on any atom is 0.315 e. The van der Waals surface area contributed by atoms with E-state index < -0.39 is 52.7 Å². The van der Waals surface area contributed by atoms with Crippen LogP contribution in [-0.4, -0.2) is 64.6 Å². The van der Waals surface area contributed by atoms with Gasteiger partial charge in [0.2, 0.25) is 17.6 Å². The van der Waals surface area contributed by atoms with E-state index in [1.165, 1.54) is 4.90 Å². The van der Waals surface area contributed by atoms with E-state index in [-0.39, 0.29) is 29.6 Å². The Kier molecular flexibility index (Phi) is 7.98. The van der Waals surface area contributed by atoms with E-state index in [0.717, 1.165) is 0 Å². The lowest BCUT2D eigenvalue weighted by molar-refractivity contribution is -0.145. The smallest absolute Gasteiger partial charge is 0.315 e. The summed E-state index contributed by atoms with van der Waals surface area (Å²) in [4.78, 5) is 65.2. The number of hydrogen-bond acceptors (Lipinski definition) is 5. The molecule has 1 saturated heterocycles. The summed E-state index contributed by atoms with van der Waals surface area (Å²) in [5.41, 5.74) is 3.93. The molecule has 5 N–H and O–H groups in total. The summed E-state index contributed by atoms with van der Waals surface area (Å²) in [6.07, 6.45) is 0.832. The molecule has 35 heavy (non-hydrogen) atoms. The van der Waals surface area contributed by atoms with Crippen molar-refractivity contribution >= 4 is 29.5 Å². The summed E-state index contributed by atoms with van der Waals surface area (Å²) in [5, 5.41) is 8.31. The highest BCUT2D eigenvalue weighted by molar-refractivity contribution is 6.37. The van der Waals surface area contributed by atoms with Crippen molar-refractivity contribution < 1.29 is 24.0 Å². The number of carbonyl (C=O) groups excluding carboxylic acids is 5. The lowest BCUT2D eigenvalue weighted by atomic mass is 9.85. The van der Waals surface area contributed by atoms with Gasteiger partial charge in [-0.05, 0) is 49.9 Å². The highest BCUT2D eigenvalue weighted by Crippen LogP contribution is 2.65. The van der Waals surface area contributed by atoms with Crippen molar-refractivity contribution in [1.82, 2.24) is 20.9 Å². The summed E-state index contributed by atoms with van der Waals surface area (Å²) in [6, 6.07) is -3.18. The number of primary amides is 1. The first-order valence-corrected chi connectivity index (χ1v) is 12.4. The largest absolute Gasteiger partial charge is 0.363 e. The average Bonchev–Trinajstić information content (AvgIpc) is 3.03. The first-order valence-electron chi connectivity index (χ1n) is 12.4. The molecule has 2 rings (SSSR count). The molecule has 0 spiro atoms. The molecule has 10 heteroatoms. The van der Waals surface area contributed by atoms with Gasteiger partial charge in [-0.1, -0.05) is 48.0 Å². The van der Waals surface area contributed by atoms with Crippen LogP contribution in [0.2, 0.25) is 0 Å². The molecule has 1 saturated carbocycles. The number of amides is 5. The van der Waals surface area contributed by atoms with E-state index in [1.807, 2.05) is 48.5 Å². The summed E-state index contributed by atoms with van der Waals surface area (Å²) in [5.74, 6) is -2.73. The molecule has 0 aromatic rings. The summed E-state index contributed by atoms with van der Waals surface area (Å²) < 4.78 is 0. The minimum Gasteiger partial charge on any atom is -0.363 e. The Labute approximate surface area is 208 Å². The van der Waals surface area contributed by atoms with E-state index in [4.69, 9.17) is 5.73 Å². The van der Waals surface area contributed by atoms with Crippen molar-refractivity contribution in [2.24, 2.45) is 28.4 Å². The second kappa shape index (κ2) is 9.78. The Morgan fingerprint density at radius 3 is 2.06 bits per heavy atom. The van der Waals surface area contributed by atoms with Crippen LogP contribution in [0.4, 0.5) is 4.79 Å². The van der Waals surface area contributed by atoms with Gasteiger partial charge in [0, 0.05) is 12.1 Å². The topological polar surface area (TPSA) is 151 Å². The Bertz CT molecular complexity index is 886. The standard InChI is InChI=1S/C25H43N5O5/c1-10-11-14(17(31)19(26)32)27-20(33)16-15-13(25(15,8)9)12-30(16)21(34)18(23(2,3)4)28-22(35)29-24(5,6)7/h13-16,18H,10-12H2,1-9H3,(H2,26,32)(H,27,33)(H2,28,29,35). The van der Waals surface area contributed by atoms with E-state index in [9.17, 15) is 24.0 Å². The van der Waals surface area contributed by atoms with E-state index >= 15 is 0 Å². The zero-order chi connectivity index (χ0) is 27.1. The second-order valence-corrected chi connectivity index (χ2v) is 12.6. The molecular formula is C25H43N5O5. The van der Waals surface area contributed by atoms with Gasteiger partial charge in [0.25, 0.3) is 5.91 Å². The quantitative estimate of drug-likeness (QED) is 0.376. The minimum absolute atomic E-state index is 0.0820. The molecule has 1 aliphatic carbocycles. The number of piperidine rings is 1. The highest BCUT2D eigenvalue weighted by atomic mass is 16.2. The lowest BCUT2D eigenvalue weighted by Crippen LogP contribution is -2.62. The zero-order valence-corrected chi connectivity index (χ0v) is 22.6. The van der Waals surface area contributed by atoms with Gasteiger partial charge in [-0.3, -0.25) is 19.2 Å². The Hall–Kier alpha value is -2.65. The van der Waals surface area contributed by atoms with Crippen molar-refractivity contribution in [3.63, 3.8) is 0 Å². The first kappa shape index (κ1) is 28.6. The molecule has 0 radical (unpaired) electrons. The SMILES string of the molecule is CCCC(NC(=O)C1C2C(CN1C(=O)C(NC(=O)NC(C)(C)C)C(C)(C)C)C2(C)C)C(=O)C(N)=O. The zero-order valence-electron chi connectivity index (χ0n) is 22.6. The van der Waals surface area contributed by atoms with Crippen molar-refractivity contribution in [2.45, 2.75) is 98.8 Å². The van der Waals surface area contributed by atoms with Gasteiger partial charge in [0.1, 0.15) is 12.1 Å². The second-order valence-electron chi connectivity index (χ2n) is 12.6. The van der Waals surface area contributed by atoms with Gasteiger partial charge in [-0.15, -0.1) is 0 Å². The third-order valence-electron chi connectivity index (χ3n) is 7.09. The van der Waals surface area contributed by atoms with Crippen LogP contribution in [0.25, 0.3) is 0 Å². The van der Waals surface area contributed by atoms with Crippen LogP contribution in [0.5, 0.6) is 0 Å². The number of nitrogens with two attached hydrogens (primary N) is 1. The molecule has 2 fully saturated rings. The molecule has 5 atom stereocenters. The number of nitrogens with one attached hydrogen (secondary N) is 3. The molecule has 5 unspecified atom stereocenters. The predicted octanol–water partition coefficient (Wildman–Crippen LogP) is 1.32. The van der Waals surface area contributed by atoms with Crippen LogP contribution in [0.15, 0.2) is 0 Å². The van der Waals surface area contributed by atoms with E-state index in [0.29, 0.717) is 13.0 Å². The van der Waals surface area contributed by atoms with Gasteiger partial charge in [0.05, 0.1) is 6.04 Å². The third-order valence-corrected chi connectivity index (χ3v) is 7.09. The summed E-state index contributed by atoms with van der Waals surface area (Å²) in [7, 11) is 0. The van der Waals surface area contributed by atoms with Crippen LogP contribution in [0.3, 0.4) is 0 Å². The normalized spacial score (nSPS) is 24.6. The fourth-order valence-electron chi connectivity index (χ4n) is 5.12. The number of likely N-dealkylation sites (tertiary alicyclic amines) is 1. The van der Waals surface area contributed by atoms with Gasteiger partial charge in [0.15, 0.2) is 0 Å². The number of carbonyl (C=O) groups is 5. The third kappa shape index (κ3) is 6.32. The predicted molar refractivity (Wildman–Crippen MR) is 132 cm³/mol. The van der Waals surface area contributed by atoms with E-state index in [1.54, 1.807) is 0 Å². The van der Waals surface area contributed by atoms with Crippen LogP contribution < -0.4 is 21.7 Å². The molecule has 0 bridgehead atoms. The molecule has 198 valence electrons. The Morgan fingerprint density at radius 2 is 1.60 bits per heavy atom. The molecule has 5 amide bonds. The van der Waals surface area contributed by atoms with Gasteiger partial charge < -0.3 is 26.6 Å².